The Balaban J connectivity index is 3.00. The molecule has 1 aromatic carbocycles. The number of carboxylic acids is 1. The number of benzene rings is 1. The van der Waals surface area contributed by atoms with Crippen LogP contribution >= 0.6 is 0 Å². The predicted molar refractivity (Wildman–Crippen MR) is 50.9 cm³/mol. The number of carboxylic acid groups (broad SMARTS) is 1. The smallest absolute Gasteiger partial charge is 0.335 e. The molecule has 0 aliphatic carbocycles. The van der Waals surface area contributed by atoms with Crippen LogP contribution in [0.2, 0.25) is 0 Å². The Morgan fingerprint density at radius 2 is 2.00 bits per heavy atom. The molecular weight excluding hydrogens is 219 g/mol. The first-order valence-electron chi connectivity index (χ1n) is 4.45. The van der Waals surface area contributed by atoms with Gasteiger partial charge >= 0.3 is 5.97 Å². The van der Waals surface area contributed by atoms with Crippen LogP contribution in [0.15, 0.2) is 18.2 Å². The number of carbonyl (C=O) groups is 1. The summed E-state index contributed by atoms with van der Waals surface area (Å²) in [6.45, 7) is -0.366. The fraction of sp³-hybridized carbons (Fsp3) is 0.300. The lowest BCUT2D eigenvalue weighted by Crippen LogP contribution is -2.28. The maximum absolute atomic E-state index is 13.3. The van der Waals surface area contributed by atoms with Gasteiger partial charge in [0.1, 0.15) is 11.9 Å². The largest absolute Gasteiger partial charge is 0.479 e. The van der Waals surface area contributed by atoms with E-state index in [9.17, 15) is 14.3 Å². The Hall–Kier alpha value is -1.50. The lowest BCUT2D eigenvalue weighted by atomic mass is 10.0. The zero-order chi connectivity index (χ0) is 12.3. The highest BCUT2D eigenvalue weighted by atomic mass is 19.1. The summed E-state index contributed by atoms with van der Waals surface area (Å²) in [6.07, 6.45) is -3.93. The Morgan fingerprint density at radius 3 is 2.44 bits per heavy atom. The minimum Gasteiger partial charge on any atom is -0.479 e. The Morgan fingerprint density at radius 1 is 1.38 bits per heavy atom. The summed E-state index contributed by atoms with van der Waals surface area (Å²) in [7, 11) is 0. The molecule has 88 valence electrons. The van der Waals surface area contributed by atoms with Gasteiger partial charge in [0.25, 0.3) is 0 Å². The van der Waals surface area contributed by atoms with Crippen molar-refractivity contribution < 1.29 is 29.6 Å². The molecule has 0 spiro atoms. The van der Waals surface area contributed by atoms with E-state index >= 15 is 0 Å². The van der Waals surface area contributed by atoms with Gasteiger partial charge in [-0.05, 0) is 11.6 Å². The fourth-order valence-corrected chi connectivity index (χ4v) is 1.21. The highest BCUT2D eigenvalue weighted by molar-refractivity contribution is 5.73. The Kier molecular flexibility index (Phi) is 3.94. The summed E-state index contributed by atoms with van der Waals surface area (Å²) in [5.74, 6) is -2.52. The van der Waals surface area contributed by atoms with Gasteiger partial charge in [-0.25, -0.2) is 9.18 Å². The Bertz CT molecular complexity index is 393. The second-order valence-electron chi connectivity index (χ2n) is 3.24. The minimum atomic E-state index is -2.09. The number of rotatable bonds is 4. The summed E-state index contributed by atoms with van der Waals surface area (Å²) in [6, 6.07) is 3.42. The number of aliphatic hydroxyl groups excluding tert-OH is 3. The monoisotopic (exact) mass is 230 g/mol. The van der Waals surface area contributed by atoms with Crippen LogP contribution in [0, 0.1) is 5.82 Å². The van der Waals surface area contributed by atoms with Crippen LogP contribution in [-0.4, -0.2) is 32.5 Å². The molecule has 0 aromatic heterocycles. The molecule has 0 radical (unpaired) electrons. The Labute approximate surface area is 90.4 Å². The van der Waals surface area contributed by atoms with Crippen molar-refractivity contribution in [1.29, 1.82) is 0 Å². The molecule has 0 amide bonds. The maximum atomic E-state index is 13.3. The average Bonchev–Trinajstić information content (AvgIpc) is 2.26. The quantitative estimate of drug-likeness (QED) is 0.574. The molecule has 6 heteroatoms. The third-order valence-corrected chi connectivity index (χ3v) is 2.12. The van der Waals surface area contributed by atoms with E-state index < -0.39 is 24.0 Å². The molecule has 0 heterocycles. The van der Waals surface area contributed by atoms with Gasteiger partial charge in [-0.3, -0.25) is 0 Å². The lowest BCUT2D eigenvalue weighted by molar-refractivity contribution is -0.153. The van der Waals surface area contributed by atoms with Gasteiger partial charge in [0.15, 0.2) is 6.10 Å². The fourth-order valence-electron chi connectivity index (χ4n) is 1.21. The van der Waals surface area contributed by atoms with Crippen LogP contribution in [0.5, 0.6) is 0 Å². The first-order valence-corrected chi connectivity index (χ1v) is 4.45. The summed E-state index contributed by atoms with van der Waals surface area (Å²) in [5.41, 5.74) is -0.0367. The summed E-state index contributed by atoms with van der Waals surface area (Å²) < 4.78 is 13.3. The topological polar surface area (TPSA) is 98.0 Å². The van der Waals surface area contributed by atoms with Crippen LogP contribution in [0.4, 0.5) is 4.39 Å². The van der Waals surface area contributed by atoms with Crippen molar-refractivity contribution in [2.24, 2.45) is 0 Å². The van der Waals surface area contributed by atoms with Gasteiger partial charge < -0.3 is 20.4 Å². The molecule has 0 fully saturated rings. The van der Waals surface area contributed by atoms with Gasteiger partial charge in [-0.15, -0.1) is 0 Å². The SMILES string of the molecule is O=C(O)C(O)C(O)c1ccc(CO)cc1F. The molecule has 2 unspecified atom stereocenters. The van der Waals surface area contributed by atoms with Crippen LogP contribution in [0.3, 0.4) is 0 Å². The van der Waals surface area contributed by atoms with E-state index in [2.05, 4.69) is 0 Å². The normalized spacial score (nSPS) is 14.5. The van der Waals surface area contributed by atoms with E-state index in [1.807, 2.05) is 0 Å². The highest BCUT2D eigenvalue weighted by Gasteiger charge is 2.27. The van der Waals surface area contributed by atoms with Gasteiger partial charge in [-0.2, -0.15) is 0 Å². The molecule has 1 rings (SSSR count). The van der Waals surface area contributed by atoms with Crippen LogP contribution in [-0.2, 0) is 11.4 Å². The molecule has 5 nitrogen and oxygen atoms in total. The maximum Gasteiger partial charge on any atom is 0.335 e. The molecule has 0 saturated heterocycles. The van der Waals surface area contributed by atoms with Crippen LogP contribution in [0.25, 0.3) is 0 Å². The lowest BCUT2D eigenvalue weighted by Gasteiger charge is -2.15. The number of aliphatic hydroxyl groups is 3. The van der Waals surface area contributed by atoms with Crippen molar-refractivity contribution in [2.75, 3.05) is 0 Å². The molecule has 0 bridgehead atoms. The number of halogens is 1. The predicted octanol–water partition coefficient (Wildman–Crippen LogP) is -0.203. The van der Waals surface area contributed by atoms with E-state index in [0.29, 0.717) is 5.56 Å². The van der Waals surface area contributed by atoms with E-state index in [0.717, 1.165) is 12.1 Å². The number of hydrogen-bond acceptors (Lipinski definition) is 4. The number of hydrogen-bond donors (Lipinski definition) is 4. The highest BCUT2D eigenvalue weighted by Crippen LogP contribution is 2.21. The molecule has 16 heavy (non-hydrogen) atoms. The molecule has 1 aromatic rings. The van der Waals surface area contributed by atoms with Gasteiger partial charge in [0, 0.05) is 5.56 Å². The molecule has 0 aliphatic rings. The van der Waals surface area contributed by atoms with E-state index in [-0.39, 0.29) is 12.2 Å². The number of aliphatic carboxylic acids is 1. The minimum absolute atomic E-state index is 0.290. The van der Waals surface area contributed by atoms with Gasteiger partial charge in [-0.1, -0.05) is 12.1 Å². The van der Waals surface area contributed by atoms with Crippen LogP contribution in [0.1, 0.15) is 17.2 Å². The third-order valence-electron chi connectivity index (χ3n) is 2.12. The molecule has 0 saturated carbocycles. The van der Waals surface area contributed by atoms with Gasteiger partial charge in [0.05, 0.1) is 6.61 Å². The van der Waals surface area contributed by atoms with Crippen LogP contribution < -0.4 is 0 Å². The second kappa shape index (κ2) is 5.02. The molecular formula is C10H11FO5. The molecule has 0 aliphatic heterocycles. The van der Waals surface area contributed by atoms with E-state index in [1.54, 1.807) is 0 Å². The van der Waals surface area contributed by atoms with E-state index in [4.69, 9.17) is 15.3 Å². The van der Waals surface area contributed by atoms with Crippen molar-refractivity contribution in [1.82, 2.24) is 0 Å². The van der Waals surface area contributed by atoms with Crippen molar-refractivity contribution in [3.8, 4) is 0 Å². The molecule has 2 atom stereocenters. The van der Waals surface area contributed by atoms with Crippen molar-refractivity contribution in [3.63, 3.8) is 0 Å². The second-order valence-corrected chi connectivity index (χ2v) is 3.24. The zero-order valence-electron chi connectivity index (χ0n) is 8.17. The zero-order valence-corrected chi connectivity index (χ0v) is 8.17. The third kappa shape index (κ3) is 2.54. The standard InChI is InChI=1S/C10H11FO5/c11-7-3-5(4-12)1-2-6(7)8(13)9(14)10(15)16/h1-3,8-9,12-14H,4H2,(H,15,16). The summed E-state index contributed by atoms with van der Waals surface area (Å²) >= 11 is 0. The van der Waals surface area contributed by atoms with Gasteiger partial charge in [0.2, 0.25) is 0 Å². The average molecular weight is 230 g/mol. The van der Waals surface area contributed by atoms with Crippen molar-refractivity contribution >= 4 is 5.97 Å². The first kappa shape index (κ1) is 12.6. The summed E-state index contributed by atoms with van der Waals surface area (Å²) in [4.78, 5) is 10.4. The van der Waals surface area contributed by atoms with Crippen molar-refractivity contribution in [3.05, 3.63) is 35.1 Å². The first-order chi connectivity index (χ1) is 7.47. The molecule has 4 N–H and O–H groups in total. The summed E-state index contributed by atoms with van der Waals surface area (Å²) in [5, 5.41) is 35.6. The van der Waals surface area contributed by atoms with Crippen molar-refractivity contribution in [2.45, 2.75) is 18.8 Å². The van der Waals surface area contributed by atoms with E-state index in [1.165, 1.54) is 6.07 Å².